The molecule has 0 saturated carbocycles. The van der Waals surface area contributed by atoms with Crippen LogP contribution in [0.2, 0.25) is 0 Å². The van der Waals surface area contributed by atoms with Crippen molar-refractivity contribution in [2.45, 2.75) is 18.8 Å². The molecule has 0 unspecified atom stereocenters. The zero-order valence-corrected chi connectivity index (χ0v) is 11.1. The van der Waals surface area contributed by atoms with Crippen LogP contribution in [-0.4, -0.2) is 22.5 Å². The molecule has 0 bridgehead atoms. The Hall–Kier alpha value is -1.07. The zero-order valence-electron chi connectivity index (χ0n) is 9.49. The topological polar surface area (TPSA) is 55.4 Å². The summed E-state index contributed by atoms with van der Waals surface area (Å²) in [6.07, 6.45) is 4.31. The average molecular weight is 295 g/mol. The van der Waals surface area contributed by atoms with Crippen LogP contribution in [0.3, 0.4) is 0 Å². The first-order chi connectivity index (χ1) is 8.25. The molecular weight excluding hydrogens is 280 g/mol. The molecule has 0 spiro atoms. The van der Waals surface area contributed by atoms with Crippen LogP contribution in [0.4, 0.5) is 5.69 Å². The molecule has 0 aliphatic carbocycles. The maximum atomic E-state index is 5.81. The number of nitrogens with one attached hydrogen (secondary N) is 1. The Bertz CT molecular complexity index is 543. The predicted octanol–water partition coefficient (Wildman–Crippen LogP) is 2.15. The van der Waals surface area contributed by atoms with Gasteiger partial charge in [-0.15, -0.1) is 0 Å². The van der Waals surface area contributed by atoms with Crippen molar-refractivity contribution < 1.29 is 0 Å². The van der Waals surface area contributed by atoms with E-state index in [-0.39, 0.29) is 0 Å². The van der Waals surface area contributed by atoms with Gasteiger partial charge in [-0.05, 0) is 54.0 Å². The average Bonchev–Trinajstić information content (AvgIpc) is 2.68. The number of aromatic nitrogens is 2. The van der Waals surface area contributed by atoms with E-state index in [9.17, 15) is 0 Å². The number of pyridine rings is 1. The Morgan fingerprint density at radius 1 is 1.41 bits per heavy atom. The molecule has 0 atom stereocenters. The lowest BCUT2D eigenvalue weighted by atomic mass is 9.97. The summed E-state index contributed by atoms with van der Waals surface area (Å²) in [5, 5.41) is 3.38. The maximum absolute atomic E-state index is 5.81. The number of imidazole rings is 1. The number of nitrogens with zero attached hydrogens (tertiary/aromatic N) is 2. The van der Waals surface area contributed by atoms with Gasteiger partial charge in [-0.3, -0.25) is 0 Å². The molecule has 1 aliphatic rings. The first kappa shape index (κ1) is 11.0. The molecule has 0 radical (unpaired) electrons. The van der Waals surface area contributed by atoms with E-state index in [2.05, 4.69) is 30.6 Å². The smallest absolute Gasteiger partial charge is 0.132 e. The first-order valence-corrected chi connectivity index (χ1v) is 6.68. The fourth-order valence-electron chi connectivity index (χ4n) is 2.45. The van der Waals surface area contributed by atoms with E-state index < -0.39 is 0 Å². The normalized spacial score (nSPS) is 17.7. The Morgan fingerprint density at radius 3 is 2.94 bits per heavy atom. The van der Waals surface area contributed by atoms with Crippen LogP contribution in [0, 0.1) is 0 Å². The van der Waals surface area contributed by atoms with Gasteiger partial charge < -0.3 is 15.5 Å². The van der Waals surface area contributed by atoms with Crippen molar-refractivity contribution in [3.05, 3.63) is 28.8 Å². The monoisotopic (exact) mass is 294 g/mol. The number of piperidine rings is 1. The number of hydrogen-bond donors (Lipinski definition) is 2. The fourth-order valence-corrected chi connectivity index (χ4v) is 2.94. The van der Waals surface area contributed by atoms with Gasteiger partial charge in [0.25, 0.3) is 0 Å². The second-order valence-electron chi connectivity index (χ2n) is 4.50. The first-order valence-electron chi connectivity index (χ1n) is 5.89. The van der Waals surface area contributed by atoms with E-state index in [1.165, 1.54) is 0 Å². The Balaban J connectivity index is 2.10. The van der Waals surface area contributed by atoms with E-state index in [1.54, 1.807) is 0 Å². The van der Waals surface area contributed by atoms with Gasteiger partial charge in [-0.25, -0.2) is 4.98 Å². The molecule has 2 aromatic heterocycles. The molecule has 3 heterocycles. The summed E-state index contributed by atoms with van der Waals surface area (Å²) < 4.78 is 3.04. The van der Waals surface area contributed by atoms with Gasteiger partial charge in [0.1, 0.15) is 10.4 Å². The quantitative estimate of drug-likeness (QED) is 0.847. The zero-order chi connectivity index (χ0) is 11.8. The van der Waals surface area contributed by atoms with E-state index in [0.29, 0.717) is 5.92 Å². The number of hydrogen-bond acceptors (Lipinski definition) is 3. The van der Waals surface area contributed by atoms with E-state index in [4.69, 9.17) is 5.73 Å². The largest absolute Gasteiger partial charge is 0.399 e. The number of nitrogen functional groups attached to an aromatic ring is 1. The molecule has 0 amide bonds. The predicted molar refractivity (Wildman–Crippen MR) is 72.1 cm³/mol. The van der Waals surface area contributed by atoms with Gasteiger partial charge in [0.05, 0.1) is 5.52 Å². The van der Waals surface area contributed by atoms with Crippen LogP contribution in [-0.2, 0) is 0 Å². The highest BCUT2D eigenvalue weighted by molar-refractivity contribution is 9.10. The SMILES string of the molecule is Nc1ccn2c(C3CCNCC3)nc(Br)c2c1. The summed E-state index contributed by atoms with van der Waals surface area (Å²) in [4.78, 5) is 4.65. The number of rotatable bonds is 1. The molecule has 17 heavy (non-hydrogen) atoms. The van der Waals surface area contributed by atoms with Crippen molar-refractivity contribution in [1.82, 2.24) is 14.7 Å². The van der Waals surface area contributed by atoms with Crippen molar-refractivity contribution in [1.29, 1.82) is 0 Å². The van der Waals surface area contributed by atoms with Gasteiger partial charge in [0, 0.05) is 17.8 Å². The number of nitrogens with two attached hydrogens (primary N) is 1. The summed E-state index contributed by atoms with van der Waals surface area (Å²) in [5.41, 5.74) is 7.64. The minimum atomic E-state index is 0.540. The van der Waals surface area contributed by atoms with Crippen LogP contribution in [0.15, 0.2) is 22.9 Å². The second kappa shape index (κ2) is 4.31. The van der Waals surface area contributed by atoms with Crippen molar-refractivity contribution in [3.63, 3.8) is 0 Å². The van der Waals surface area contributed by atoms with Crippen molar-refractivity contribution >= 4 is 27.1 Å². The molecule has 90 valence electrons. The van der Waals surface area contributed by atoms with Crippen LogP contribution in [0.25, 0.3) is 5.52 Å². The number of anilines is 1. The number of halogens is 1. The summed E-state index contributed by atoms with van der Waals surface area (Å²) in [6, 6.07) is 3.88. The summed E-state index contributed by atoms with van der Waals surface area (Å²) in [5.74, 6) is 1.69. The minimum Gasteiger partial charge on any atom is -0.399 e. The van der Waals surface area contributed by atoms with Crippen molar-refractivity contribution in [2.75, 3.05) is 18.8 Å². The Kier molecular flexibility index (Phi) is 2.80. The summed E-state index contributed by atoms with van der Waals surface area (Å²) in [7, 11) is 0. The summed E-state index contributed by atoms with van der Waals surface area (Å²) in [6.45, 7) is 2.15. The molecule has 4 nitrogen and oxygen atoms in total. The number of fused-ring (bicyclic) bond motifs is 1. The standard InChI is InChI=1S/C12H15BrN4/c13-11-10-7-9(14)3-6-17(10)12(16-11)8-1-4-15-5-2-8/h3,6-8,15H,1-2,4-5,14H2. The van der Waals surface area contributed by atoms with Crippen molar-refractivity contribution in [2.24, 2.45) is 0 Å². The highest BCUT2D eigenvalue weighted by Gasteiger charge is 2.21. The fraction of sp³-hybridized carbons (Fsp3) is 0.417. The molecule has 2 aromatic rings. The van der Waals surface area contributed by atoms with E-state index in [1.807, 2.05) is 18.3 Å². The van der Waals surface area contributed by atoms with Crippen LogP contribution in [0.1, 0.15) is 24.6 Å². The molecular formula is C12H15BrN4. The molecule has 1 fully saturated rings. The van der Waals surface area contributed by atoms with Crippen LogP contribution >= 0.6 is 15.9 Å². The third kappa shape index (κ3) is 1.93. The minimum absolute atomic E-state index is 0.540. The lowest BCUT2D eigenvalue weighted by molar-refractivity contribution is 0.444. The molecule has 3 N–H and O–H groups in total. The maximum Gasteiger partial charge on any atom is 0.132 e. The lowest BCUT2D eigenvalue weighted by Crippen LogP contribution is -2.27. The van der Waals surface area contributed by atoms with Crippen LogP contribution < -0.4 is 11.1 Å². The Morgan fingerprint density at radius 2 is 2.18 bits per heavy atom. The highest BCUT2D eigenvalue weighted by atomic mass is 79.9. The van der Waals surface area contributed by atoms with Gasteiger partial charge in [-0.2, -0.15) is 0 Å². The van der Waals surface area contributed by atoms with Gasteiger partial charge in [0.15, 0.2) is 0 Å². The van der Waals surface area contributed by atoms with Gasteiger partial charge in [-0.1, -0.05) is 0 Å². The van der Waals surface area contributed by atoms with E-state index >= 15 is 0 Å². The third-order valence-electron chi connectivity index (χ3n) is 3.35. The highest BCUT2D eigenvalue weighted by Crippen LogP contribution is 2.29. The molecule has 3 rings (SSSR count). The molecule has 5 heteroatoms. The molecule has 0 aromatic carbocycles. The van der Waals surface area contributed by atoms with E-state index in [0.717, 1.165) is 47.6 Å². The van der Waals surface area contributed by atoms with Gasteiger partial charge in [0.2, 0.25) is 0 Å². The van der Waals surface area contributed by atoms with Crippen molar-refractivity contribution in [3.8, 4) is 0 Å². The van der Waals surface area contributed by atoms with Gasteiger partial charge >= 0.3 is 0 Å². The Labute approximate surface area is 108 Å². The van der Waals surface area contributed by atoms with Crippen LogP contribution in [0.5, 0.6) is 0 Å². The summed E-state index contributed by atoms with van der Waals surface area (Å²) >= 11 is 3.52. The molecule has 1 saturated heterocycles. The lowest BCUT2D eigenvalue weighted by Gasteiger charge is -2.21. The third-order valence-corrected chi connectivity index (χ3v) is 3.94. The second-order valence-corrected chi connectivity index (χ2v) is 5.25. The molecule has 1 aliphatic heterocycles.